The minimum Gasteiger partial charge on any atom is -0.476 e. The van der Waals surface area contributed by atoms with Crippen molar-refractivity contribution in [3.63, 3.8) is 0 Å². The monoisotopic (exact) mass is 318 g/mol. The standard InChI is InChI=1S/C9H10F4N2O4S/c1-4(9(11,12)13)14-20(18,19)5-3-15(2)7(6(5)10)8(16)17/h3-4,14H,1-2H3,(H,16,17)/t4-/m1/s1. The van der Waals surface area contributed by atoms with E-state index in [0.717, 1.165) is 7.05 Å². The fourth-order valence-corrected chi connectivity index (χ4v) is 2.72. The van der Waals surface area contributed by atoms with Crippen molar-refractivity contribution in [2.24, 2.45) is 7.05 Å². The number of hydrogen-bond acceptors (Lipinski definition) is 3. The van der Waals surface area contributed by atoms with Gasteiger partial charge in [-0.1, -0.05) is 0 Å². The second kappa shape index (κ2) is 5.05. The lowest BCUT2D eigenvalue weighted by Gasteiger charge is -2.16. The van der Waals surface area contributed by atoms with Crippen molar-refractivity contribution in [2.75, 3.05) is 0 Å². The van der Waals surface area contributed by atoms with Gasteiger partial charge in [-0.15, -0.1) is 0 Å². The molecule has 0 amide bonds. The Morgan fingerprint density at radius 1 is 1.45 bits per heavy atom. The van der Waals surface area contributed by atoms with Gasteiger partial charge in [0, 0.05) is 13.2 Å². The Hall–Kier alpha value is -1.62. The first kappa shape index (κ1) is 16.4. The van der Waals surface area contributed by atoms with E-state index in [2.05, 4.69) is 0 Å². The summed E-state index contributed by atoms with van der Waals surface area (Å²) in [7, 11) is -3.78. The number of aromatic nitrogens is 1. The maximum absolute atomic E-state index is 13.7. The van der Waals surface area contributed by atoms with Crippen LogP contribution in [-0.2, 0) is 17.1 Å². The molecule has 0 bridgehead atoms. The molecular formula is C9H10F4N2O4S. The van der Waals surface area contributed by atoms with Crippen LogP contribution in [0.3, 0.4) is 0 Å². The topological polar surface area (TPSA) is 88.4 Å². The highest BCUT2D eigenvalue weighted by atomic mass is 32.2. The van der Waals surface area contributed by atoms with Crippen LogP contribution in [0.2, 0.25) is 0 Å². The van der Waals surface area contributed by atoms with Gasteiger partial charge in [0.1, 0.15) is 10.9 Å². The molecule has 0 spiro atoms. The molecule has 0 aliphatic carbocycles. The molecule has 0 saturated carbocycles. The zero-order valence-electron chi connectivity index (χ0n) is 10.2. The van der Waals surface area contributed by atoms with Crippen molar-refractivity contribution >= 4 is 16.0 Å². The number of sulfonamides is 1. The van der Waals surface area contributed by atoms with Gasteiger partial charge in [-0.25, -0.2) is 17.6 Å². The van der Waals surface area contributed by atoms with Crippen LogP contribution in [0.1, 0.15) is 17.4 Å². The molecule has 0 fully saturated rings. The summed E-state index contributed by atoms with van der Waals surface area (Å²) in [6.07, 6.45) is -4.27. The fraction of sp³-hybridized carbons (Fsp3) is 0.444. The Balaban J connectivity index is 3.25. The lowest BCUT2D eigenvalue weighted by Crippen LogP contribution is -2.43. The Kier molecular flexibility index (Phi) is 4.15. The Morgan fingerprint density at radius 3 is 2.30 bits per heavy atom. The van der Waals surface area contributed by atoms with E-state index >= 15 is 0 Å². The molecule has 0 aliphatic rings. The van der Waals surface area contributed by atoms with E-state index in [1.165, 1.54) is 4.72 Å². The number of carbonyl (C=O) groups is 1. The van der Waals surface area contributed by atoms with Crippen molar-refractivity contribution in [2.45, 2.75) is 24.0 Å². The van der Waals surface area contributed by atoms with Gasteiger partial charge in [0.2, 0.25) is 10.0 Å². The second-order valence-electron chi connectivity index (χ2n) is 3.96. The van der Waals surface area contributed by atoms with Gasteiger partial charge in [-0.2, -0.15) is 17.9 Å². The molecule has 20 heavy (non-hydrogen) atoms. The average molecular weight is 318 g/mol. The third-order valence-corrected chi connectivity index (χ3v) is 3.93. The number of nitrogens with one attached hydrogen (secondary N) is 1. The van der Waals surface area contributed by atoms with Gasteiger partial charge in [-0.3, -0.25) is 0 Å². The minimum atomic E-state index is -4.85. The maximum atomic E-state index is 13.7. The SMILES string of the molecule is C[C@@H](NS(=O)(=O)c1cn(C)c(C(=O)O)c1F)C(F)(F)F. The Morgan fingerprint density at radius 2 is 1.95 bits per heavy atom. The largest absolute Gasteiger partial charge is 0.476 e. The maximum Gasteiger partial charge on any atom is 0.404 e. The van der Waals surface area contributed by atoms with E-state index in [4.69, 9.17) is 5.11 Å². The van der Waals surface area contributed by atoms with Crippen LogP contribution in [-0.4, -0.2) is 36.3 Å². The van der Waals surface area contributed by atoms with Crippen molar-refractivity contribution in [3.05, 3.63) is 17.7 Å². The average Bonchev–Trinajstić information content (AvgIpc) is 2.52. The molecule has 1 atom stereocenters. The first-order valence-electron chi connectivity index (χ1n) is 5.05. The first-order valence-corrected chi connectivity index (χ1v) is 6.53. The number of carboxylic acids is 1. The van der Waals surface area contributed by atoms with Gasteiger partial charge in [-0.05, 0) is 6.92 Å². The normalized spacial score (nSPS) is 14.3. The molecule has 11 heteroatoms. The highest BCUT2D eigenvalue weighted by Crippen LogP contribution is 2.24. The number of hydrogen-bond donors (Lipinski definition) is 2. The lowest BCUT2D eigenvalue weighted by atomic mass is 10.4. The highest BCUT2D eigenvalue weighted by molar-refractivity contribution is 7.89. The number of aryl methyl sites for hydroxylation is 1. The molecule has 0 aliphatic heterocycles. The lowest BCUT2D eigenvalue weighted by molar-refractivity contribution is -0.147. The van der Waals surface area contributed by atoms with Crippen LogP contribution < -0.4 is 4.72 Å². The van der Waals surface area contributed by atoms with E-state index in [1.54, 1.807) is 0 Å². The predicted molar refractivity (Wildman–Crippen MR) is 58.2 cm³/mol. The molecule has 0 unspecified atom stereocenters. The summed E-state index contributed by atoms with van der Waals surface area (Å²) in [5, 5.41) is 8.68. The van der Waals surface area contributed by atoms with Gasteiger partial charge in [0.05, 0.1) is 0 Å². The second-order valence-corrected chi connectivity index (χ2v) is 5.64. The summed E-state index contributed by atoms with van der Waals surface area (Å²) in [5.41, 5.74) is -0.968. The van der Waals surface area contributed by atoms with Gasteiger partial charge in [0.15, 0.2) is 11.5 Å². The number of nitrogens with zero attached hydrogens (tertiary/aromatic N) is 1. The molecule has 2 N–H and O–H groups in total. The smallest absolute Gasteiger partial charge is 0.404 e. The molecule has 1 aromatic rings. The zero-order chi connectivity index (χ0) is 15.9. The van der Waals surface area contributed by atoms with Crippen LogP contribution in [0.15, 0.2) is 11.1 Å². The van der Waals surface area contributed by atoms with Crippen LogP contribution in [0, 0.1) is 5.82 Å². The number of carboxylic acid groups (broad SMARTS) is 1. The van der Waals surface area contributed by atoms with Crippen molar-refractivity contribution < 1.29 is 35.9 Å². The number of aromatic carboxylic acids is 1. The summed E-state index contributed by atoms with van der Waals surface area (Å²) < 4.78 is 75.7. The van der Waals surface area contributed by atoms with E-state index < -0.39 is 44.6 Å². The third-order valence-electron chi connectivity index (χ3n) is 2.40. The summed E-state index contributed by atoms with van der Waals surface area (Å²) in [6.45, 7) is 0.538. The van der Waals surface area contributed by atoms with Crippen molar-refractivity contribution in [1.29, 1.82) is 0 Å². The molecule has 114 valence electrons. The van der Waals surface area contributed by atoms with Crippen LogP contribution in [0.25, 0.3) is 0 Å². The summed E-state index contributed by atoms with van der Waals surface area (Å²) in [6, 6.07) is -2.44. The number of rotatable bonds is 4. The third kappa shape index (κ3) is 3.10. The zero-order valence-corrected chi connectivity index (χ0v) is 11.0. The van der Waals surface area contributed by atoms with Gasteiger partial charge >= 0.3 is 12.1 Å². The molecule has 0 saturated heterocycles. The molecular weight excluding hydrogens is 308 g/mol. The van der Waals surface area contributed by atoms with Crippen molar-refractivity contribution in [3.8, 4) is 0 Å². The van der Waals surface area contributed by atoms with E-state index in [9.17, 15) is 30.8 Å². The first-order chi connectivity index (χ1) is 8.88. The Labute approximate surface area is 111 Å². The van der Waals surface area contributed by atoms with Crippen LogP contribution >= 0.6 is 0 Å². The number of halogens is 4. The molecule has 6 nitrogen and oxygen atoms in total. The minimum absolute atomic E-state index is 0.538. The van der Waals surface area contributed by atoms with Crippen molar-refractivity contribution in [1.82, 2.24) is 9.29 Å². The summed E-state index contributed by atoms with van der Waals surface area (Å²) in [4.78, 5) is 9.55. The summed E-state index contributed by atoms with van der Waals surface area (Å²) >= 11 is 0. The molecule has 0 aromatic carbocycles. The van der Waals surface area contributed by atoms with E-state index in [0.29, 0.717) is 17.7 Å². The van der Waals surface area contributed by atoms with E-state index in [1.807, 2.05) is 0 Å². The predicted octanol–water partition coefficient (Wildman–Crippen LogP) is 1.09. The number of alkyl halides is 3. The molecule has 1 rings (SSSR count). The molecule has 1 aromatic heterocycles. The highest BCUT2D eigenvalue weighted by Gasteiger charge is 2.40. The summed E-state index contributed by atoms with van der Waals surface area (Å²) in [5.74, 6) is -3.36. The Bertz CT molecular complexity index is 635. The van der Waals surface area contributed by atoms with Crippen LogP contribution in [0.5, 0.6) is 0 Å². The van der Waals surface area contributed by atoms with Crippen LogP contribution in [0.4, 0.5) is 17.6 Å². The fourth-order valence-electron chi connectivity index (χ4n) is 1.36. The quantitative estimate of drug-likeness (QED) is 0.814. The van der Waals surface area contributed by atoms with Gasteiger partial charge < -0.3 is 9.67 Å². The van der Waals surface area contributed by atoms with E-state index in [-0.39, 0.29) is 0 Å². The molecule has 1 heterocycles. The molecule has 0 radical (unpaired) electrons. The van der Waals surface area contributed by atoms with Gasteiger partial charge in [0.25, 0.3) is 0 Å².